The second-order valence-corrected chi connectivity index (χ2v) is 4.86. The highest BCUT2D eigenvalue weighted by Crippen LogP contribution is 2.18. The molecule has 0 bridgehead atoms. The van der Waals surface area contributed by atoms with Crippen LogP contribution in [-0.2, 0) is 9.59 Å². The lowest BCUT2D eigenvalue weighted by molar-refractivity contribution is -0.146. The van der Waals surface area contributed by atoms with Gasteiger partial charge in [-0.15, -0.1) is 0 Å². The summed E-state index contributed by atoms with van der Waals surface area (Å²) in [6, 6.07) is 6.69. The first kappa shape index (κ1) is 15.1. The number of carbonyl (C=O) groups excluding carboxylic acids is 1. The van der Waals surface area contributed by atoms with Gasteiger partial charge in [-0.25, -0.2) is 4.79 Å². The highest BCUT2D eigenvalue weighted by atomic mass is 16.5. The Morgan fingerprint density at radius 1 is 1.38 bits per heavy atom. The van der Waals surface area contributed by atoms with Gasteiger partial charge in [-0.2, -0.15) is 0 Å². The fourth-order valence-corrected chi connectivity index (χ4v) is 2.39. The van der Waals surface area contributed by atoms with Gasteiger partial charge in [0.15, 0.2) is 0 Å². The molecule has 0 aromatic heterocycles. The highest BCUT2D eigenvalue weighted by molar-refractivity contribution is 5.94. The van der Waals surface area contributed by atoms with Crippen molar-refractivity contribution in [2.45, 2.75) is 25.8 Å². The summed E-state index contributed by atoms with van der Waals surface area (Å²) in [4.78, 5) is 24.5. The fraction of sp³-hybridized carbons (Fsp3) is 0.375. The molecule has 1 heterocycles. The van der Waals surface area contributed by atoms with Crippen molar-refractivity contribution >= 4 is 18.0 Å². The van der Waals surface area contributed by atoms with Crippen molar-refractivity contribution in [3.63, 3.8) is 0 Å². The van der Waals surface area contributed by atoms with Crippen molar-refractivity contribution in [1.82, 2.24) is 4.90 Å². The SMILES string of the molecule is CCOc1ccc(/C=C/C(=O)N2CCCC2C(=O)O)cc1. The zero-order chi connectivity index (χ0) is 15.2. The van der Waals surface area contributed by atoms with E-state index in [-0.39, 0.29) is 5.91 Å². The molecule has 2 rings (SSSR count). The smallest absolute Gasteiger partial charge is 0.326 e. The third-order valence-electron chi connectivity index (χ3n) is 3.43. The van der Waals surface area contributed by atoms with Crippen LogP contribution in [0.3, 0.4) is 0 Å². The molecular formula is C16H19NO4. The van der Waals surface area contributed by atoms with Crippen molar-refractivity contribution in [2.24, 2.45) is 0 Å². The highest BCUT2D eigenvalue weighted by Gasteiger charge is 2.32. The molecule has 21 heavy (non-hydrogen) atoms. The molecule has 1 unspecified atom stereocenters. The Morgan fingerprint density at radius 2 is 2.10 bits per heavy atom. The number of hydrogen-bond acceptors (Lipinski definition) is 3. The molecule has 0 aliphatic carbocycles. The first-order chi connectivity index (χ1) is 10.1. The Morgan fingerprint density at radius 3 is 2.71 bits per heavy atom. The van der Waals surface area contributed by atoms with Gasteiger partial charge in [-0.05, 0) is 43.5 Å². The van der Waals surface area contributed by atoms with Crippen LogP contribution >= 0.6 is 0 Å². The van der Waals surface area contributed by atoms with E-state index in [1.165, 1.54) is 11.0 Å². The van der Waals surface area contributed by atoms with E-state index < -0.39 is 12.0 Å². The van der Waals surface area contributed by atoms with Crippen molar-refractivity contribution in [1.29, 1.82) is 0 Å². The van der Waals surface area contributed by atoms with Gasteiger partial charge >= 0.3 is 5.97 Å². The molecule has 5 heteroatoms. The molecule has 5 nitrogen and oxygen atoms in total. The summed E-state index contributed by atoms with van der Waals surface area (Å²) in [5.41, 5.74) is 0.873. The Bertz CT molecular complexity index is 536. The zero-order valence-electron chi connectivity index (χ0n) is 12.0. The molecule has 1 saturated heterocycles. The number of carboxylic acids is 1. The molecule has 1 atom stereocenters. The Kier molecular flexibility index (Phi) is 4.98. The quantitative estimate of drug-likeness (QED) is 0.844. The molecule has 1 aliphatic rings. The van der Waals surface area contributed by atoms with Crippen molar-refractivity contribution < 1.29 is 19.4 Å². The van der Waals surface area contributed by atoms with E-state index in [1.54, 1.807) is 6.08 Å². The van der Waals surface area contributed by atoms with E-state index >= 15 is 0 Å². The lowest BCUT2D eigenvalue weighted by atomic mass is 10.2. The van der Waals surface area contributed by atoms with Gasteiger partial charge in [0.2, 0.25) is 5.91 Å². The number of nitrogens with zero attached hydrogens (tertiary/aromatic N) is 1. The van der Waals surface area contributed by atoms with Crippen LogP contribution in [0.5, 0.6) is 5.75 Å². The molecule has 1 N–H and O–H groups in total. The van der Waals surface area contributed by atoms with Gasteiger partial charge < -0.3 is 14.7 Å². The number of rotatable bonds is 5. The van der Waals surface area contributed by atoms with Crippen LogP contribution in [0.25, 0.3) is 6.08 Å². The minimum Gasteiger partial charge on any atom is -0.494 e. The molecule has 1 aliphatic heterocycles. The van der Waals surface area contributed by atoms with Crippen LogP contribution in [0.1, 0.15) is 25.3 Å². The average Bonchev–Trinajstić information content (AvgIpc) is 2.96. The van der Waals surface area contributed by atoms with Crippen LogP contribution in [0.4, 0.5) is 0 Å². The van der Waals surface area contributed by atoms with E-state index in [2.05, 4.69) is 0 Å². The maximum absolute atomic E-state index is 12.1. The van der Waals surface area contributed by atoms with Crippen LogP contribution in [0.15, 0.2) is 30.3 Å². The summed E-state index contributed by atoms with van der Waals surface area (Å²) in [7, 11) is 0. The molecule has 0 radical (unpaired) electrons. The van der Waals surface area contributed by atoms with E-state index in [0.717, 1.165) is 17.7 Å². The molecular weight excluding hydrogens is 270 g/mol. The number of hydrogen-bond donors (Lipinski definition) is 1. The van der Waals surface area contributed by atoms with Crippen LogP contribution in [0, 0.1) is 0 Å². The molecule has 0 saturated carbocycles. The maximum atomic E-state index is 12.1. The molecule has 0 spiro atoms. The van der Waals surface area contributed by atoms with Crippen LogP contribution < -0.4 is 4.74 Å². The molecule has 1 aromatic rings. The van der Waals surface area contributed by atoms with Crippen molar-refractivity contribution in [2.75, 3.05) is 13.2 Å². The lowest BCUT2D eigenvalue weighted by Crippen LogP contribution is -2.39. The van der Waals surface area contributed by atoms with Gasteiger partial charge in [0, 0.05) is 12.6 Å². The van der Waals surface area contributed by atoms with E-state index in [4.69, 9.17) is 9.84 Å². The second-order valence-electron chi connectivity index (χ2n) is 4.86. The number of likely N-dealkylation sites (tertiary alicyclic amines) is 1. The van der Waals surface area contributed by atoms with Crippen LogP contribution in [-0.4, -0.2) is 41.1 Å². The first-order valence-corrected chi connectivity index (χ1v) is 7.06. The fourth-order valence-electron chi connectivity index (χ4n) is 2.39. The predicted molar refractivity (Wildman–Crippen MR) is 79.0 cm³/mol. The monoisotopic (exact) mass is 289 g/mol. The van der Waals surface area contributed by atoms with Gasteiger partial charge in [0.05, 0.1) is 6.61 Å². The van der Waals surface area contributed by atoms with Gasteiger partial charge in [0.25, 0.3) is 0 Å². The zero-order valence-corrected chi connectivity index (χ0v) is 12.0. The number of aliphatic carboxylic acids is 1. The summed E-state index contributed by atoms with van der Waals surface area (Å²) < 4.78 is 5.34. The summed E-state index contributed by atoms with van der Waals surface area (Å²) in [6.07, 6.45) is 4.38. The maximum Gasteiger partial charge on any atom is 0.326 e. The number of carboxylic acid groups (broad SMARTS) is 1. The van der Waals surface area contributed by atoms with Gasteiger partial charge in [-0.1, -0.05) is 12.1 Å². The normalized spacial score (nSPS) is 18.1. The topological polar surface area (TPSA) is 66.8 Å². The number of carbonyl (C=O) groups is 2. The van der Waals surface area contributed by atoms with Gasteiger partial charge in [0.1, 0.15) is 11.8 Å². The van der Waals surface area contributed by atoms with Gasteiger partial charge in [-0.3, -0.25) is 4.79 Å². The average molecular weight is 289 g/mol. The molecule has 112 valence electrons. The molecule has 1 fully saturated rings. The van der Waals surface area contributed by atoms with Crippen molar-refractivity contribution in [3.8, 4) is 5.75 Å². The lowest BCUT2D eigenvalue weighted by Gasteiger charge is -2.19. The number of benzene rings is 1. The minimum absolute atomic E-state index is 0.256. The number of ether oxygens (including phenoxy) is 1. The standard InChI is InChI=1S/C16H19NO4/c1-2-21-13-8-5-12(6-9-13)7-10-15(18)17-11-3-4-14(17)16(19)20/h5-10,14H,2-4,11H2,1H3,(H,19,20)/b10-7+. The molecule has 1 aromatic carbocycles. The summed E-state index contributed by atoms with van der Waals surface area (Å²) >= 11 is 0. The predicted octanol–water partition coefficient (Wildman–Crippen LogP) is 2.17. The second kappa shape index (κ2) is 6.92. The first-order valence-electron chi connectivity index (χ1n) is 7.06. The third kappa shape index (κ3) is 3.84. The Balaban J connectivity index is 1.99. The minimum atomic E-state index is -0.935. The number of amides is 1. The summed E-state index contributed by atoms with van der Waals surface area (Å²) in [5.74, 6) is -0.407. The third-order valence-corrected chi connectivity index (χ3v) is 3.43. The van der Waals surface area contributed by atoms with Crippen molar-refractivity contribution in [3.05, 3.63) is 35.9 Å². The van der Waals surface area contributed by atoms with E-state index in [1.807, 2.05) is 31.2 Å². The Labute approximate surface area is 123 Å². The van der Waals surface area contributed by atoms with E-state index in [9.17, 15) is 9.59 Å². The van der Waals surface area contributed by atoms with E-state index in [0.29, 0.717) is 19.6 Å². The summed E-state index contributed by atoms with van der Waals surface area (Å²) in [5, 5.41) is 9.07. The summed E-state index contributed by atoms with van der Waals surface area (Å²) in [6.45, 7) is 3.03. The Hall–Kier alpha value is -2.30. The van der Waals surface area contributed by atoms with Crippen LogP contribution in [0.2, 0.25) is 0 Å². The largest absolute Gasteiger partial charge is 0.494 e. The molecule has 1 amide bonds.